The van der Waals surface area contributed by atoms with Gasteiger partial charge in [0.2, 0.25) is 11.8 Å². The Morgan fingerprint density at radius 1 is 0.774 bits per heavy atom. The summed E-state index contributed by atoms with van der Waals surface area (Å²) in [4.78, 5) is 26.7. The maximum atomic E-state index is 13.9. The molecule has 3 aliphatic carbocycles. The lowest BCUT2D eigenvalue weighted by Crippen LogP contribution is -2.57. The quantitative estimate of drug-likeness (QED) is 0.302. The summed E-state index contributed by atoms with van der Waals surface area (Å²) in [6.45, 7) is 1.92. The van der Waals surface area contributed by atoms with Crippen LogP contribution in [0.4, 0.5) is 5.69 Å². The number of alkyl halides is 2. The first-order valence-electron chi connectivity index (χ1n) is 10.0. The van der Waals surface area contributed by atoms with Crippen LogP contribution in [0.2, 0.25) is 0 Å². The summed E-state index contributed by atoms with van der Waals surface area (Å²) >= 11 is 18.3. The van der Waals surface area contributed by atoms with Crippen LogP contribution in [0.1, 0.15) is 27.8 Å². The number of carbonyl (C=O) groups excluding carboxylic acids is 2. The first-order valence-corrected chi connectivity index (χ1v) is 11.6. The molecule has 1 heterocycles. The monoisotopic (exact) mass is 511 g/mol. The average molecular weight is 513 g/mol. The van der Waals surface area contributed by atoms with Gasteiger partial charge in [-0.3, -0.25) is 9.59 Å². The van der Waals surface area contributed by atoms with Crippen molar-refractivity contribution in [2.24, 2.45) is 11.8 Å². The van der Waals surface area contributed by atoms with Gasteiger partial charge in [-0.15, -0.1) is 23.2 Å². The van der Waals surface area contributed by atoms with E-state index in [9.17, 15) is 9.59 Å². The van der Waals surface area contributed by atoms with Crippen LogP contribution in [0.15, 0.2) is 71.2 Å². The smallest absolute Gasteiger partial charge is 0.240 e. The summed E-state index contributed by atoms with van der Waals surface area (Å²) in [6, 6.07) is 20.8. The van der Waals surface area contributed by atoms with Gasteiger partial charge >= 0.3 is 0 Å². The van der Waals surface area contributed by atoms with Crippen LogP contribution in [0.3, 0.4) is 0 Å². The molecule has 0 unspecified atom stereocenters. The van der Waals surface area contributed by atoms with E-state index in [2.05, 4.69) is 15.9 Å². The Bertz CT molecular complexity index is 1200. The molecule has 7 rings (SSSR count). The highest BCUT2D eigenvalue weighted by molar-refractivity contribution is 9.10. The second-order valence-electron chi connectivity index (χ2n) is 8.42. The summed E-state index contributed by atoms with van der Waals surface area (Å²) in [6.07, 6.45) is 0. The van der Waals surface area contributed by atoms with Gasteiger partial charge in [0.05, 0.1) is 17.5 Å². The number of carbonyl (C=O) groups is 2. The zero-order valence-electron chi connectivity index (χ0n) is 16.4. The van der Waals surface area contributed by atoms with Gasteiger partial charge in [-0.1, -0.05) is 64.5 Å². The predicted molar refractivity (Wildman–Crippen MR) is 125 cm³/mol. The van der Waals surface area contributed by atoms with E-state index in [1.807, 2.05) is 67.6 Å². The van der Waals surface area contributed by atoms with Crippen molar-refractivity contribution in [2.45, 2.75) is 16.7 Å². The van der Waals surface area contributed by atoms with E-state index < -0.39 is 21.6 Å². The van der Waals surface area contributed by atoms with Crippen LogP contribution in [0.25, 0.3) is 0 Å². The Morgan fingerprint density at radius 3 is 1.58 bits per heavy atom. The van der Waals surface area contributed by atoms with Gasteiger partial charge in [-0.05, 0) is 52.9 Å². The van der Waals surface area contributed by atoms with Crippen LogP contribution < -0.4 is 4.90 Å². The van der Waals surface area contributed by atoms with Crippen LogP contribution >= 0.6 is 39.1 Å². The molecule has 1 fully saturated rings. The lowest BCUT2D eigenvalue weighted by molar-refractivity contribution is -0.122. The van der Waals surface area contributed by atoms with Crippen LogP contribution in [0.5, 0.6) is 0 Å². The zero-order chi connectivity index (χ0) is 21.7. The Balaban J connectivity index is 1.65. The topological polar surface area (TPSA) is 37.4 Å². The van der Waals surface area contributed by atoms with Crippen molar-refractivity contribution in [1.29, 1.82) is 0 Å². The molecular weight excluding hydrogens is 497 g/mol. The number of amides is 2. The third-order valence-corrected chi connectivity index (χ3v) is 9.16. The van der Waals surface area contributed by atoms with E-state index in [1.165, 1.54) is 4.90 Å². The van der Waals surface area contributed by atoms with Gasteiger partial charge in [0, 0.05) is 4.47 Å². The summed E-state index contributed by atoms with van der Waals surface area (Å²) in [5.41, 5.74) is 4.70. The van der Waals surface area contributed by atoms with Crippen molar-refractivity contribution in [2.75, 3.05) is 4.90 Å². The standard InChI is InChI=1S/C25H16BrCl2NO2/c1-13-12-14(10-11-19(13)26)29-22(30)20-21(23(29)31)25(28)16-7-3-2-6-15(16)24(20,27)17-8-4-5-9-18(17)25/h2-12,20-21H,1H3/t20-,21-,24?,25?/m1/s1. The Morgan fingerprint density at radius 2 is 1.19 bits per heavy atom. The number of rotatable bonds is 1. The second kappa shape index (κ2) is 6.22. The summed E-state index contributed by atoms with van der Waals surface area (Å²) in [5.74, 6) is -2.18. The third-order valence-electron chi connectivity index (χ3n) is 6.99. The summed E-state index contributed by atoms with van der Waals surface area (Å²) in [7, 11) is 0. The van der Waals surface area contributed by atoms with E-state index in [4.69, 9.17) is 23.2 Å². The number of aryl methyl sites for hydroxylation is 1. The van der Waals surface area contributed by atoms with Crippen molar-refractivity contribution < 1.29 is 9.59 Å². The van der Waals surface area contributed by atoms with E-state index in [0.717, 1.165) is 32.3 Å². The van der Waals surface area contributed by atoms with Gasteiger partial charge < -0.3 is 0 Å². The molecule has 4 aliphatic rings. The van der Waals surface area contributed by atoms with Crippen molar-refractivity contribution >= 4 is 56.6 Å². The van der Waals surface area contributed by atoms with Crippen LogP contribution in [0, 0.1) is 18.8 Å². The zero-order valence-corrected chi connectivity index (χ0v) is 19.5. The van der Waals surface area contributed by atoms with E-state index in [-0.39, 0.29) is 11.8 Å². The molecule has 1 aliphatic heterocycles. The third kappa shape index (κ3) is 2.16. The van der Waals surface area contributed by atoms with Crippen molar-refractivity contribution in [1.82, 2.24) is 0 Å². The molecule has 31 heavy (non-hydrogen) atoms. The molecule has 0 aromatic heterocycles. The number of hydrogen-bond acceptors (Lipinski definition) is 2. The fourth-order valence-electron chi connectivity index (χ4n) is 5.69. The molecule has 0 N–H and O–H groups in total. The van der Waals surface area contributed by atoms with Crippen LogP contribution in [-0.2, 0) is 19.3 Å². The Labute approximate surface area is 198 Å². The molecule has 3 nitrogen and oxygen atoms in total. The van der Waals surface area contributed by atoms with E-state index in [1.54, 1.807) is 6.07 Å². The van der Waals surface area contributed by atoms with Crippen molar-refractivity contribution in [3.05, 3.63) is 99.0 Å². The van der Waals surface area contributed by atoms with E-state index >= 15 is 0 Å². The molecule has 154 valence electrons. The predicted octanol–water partition coefficient (Wildman–Crippen LogP) is 5.86. The van der Waals surface area contributed by atoms with Crippen molar-refractivity contribution in [3.8, 4) is 0 Å². The van der Waals surface area contributed by atoms with Gasteiger partial charge in [0.15, 0.2) is 0 Å². The average Bonchev–Trinajstić information content (AvgIpc) is 3.05. The highest BCUT2D eigenvalue weighted by Gasteiger charge is 2.73. The number of nitrogens with zero attached hydrogens (tertiary/aromatic N) is 1. The molecule has 2 bridgehead atoms. The minimum absolute atomic E-state index is 0.305. The van der Waals surface area contributed by atoms with Gasteiger partial charge in [0.1, 0.15) is 9.75 Å². The maximum absolute atomic E-state index is 13.9. The molecule has 0 radical (unpaired) electrons. The van der Waals surface area contributed by atoms with Gasteiger partial charge in [-0.2, -0.15) is 0 Å². The highest BCUT2D eigenvalue weighted by atomic mass is 79.9. The molecule has 2 atom stereocenters. The number of anilines is 1. The normalized spacial score (nSPS) is 30.3. The fraction of sp³-hybridized carbons (Fsp3) is 0.200. The largest absolute Gasteiger partial charge is 0.274 e. The Kier molecular flexibility index (Phi) is 3.92. The number of imide groups is 1. The molecule has 0 spiro atoms. The van der Waals surface area contributed by atoms with Gasteiger partial charge in [-0.25, -0.2) is 4.90 Å². The fourth-order valence-corrected chi connectivity index (χ4v) is 7.03. The SMILES string of the molecule is Cc1cc(N2C(=O)[C@H]3[C@H](C2=O)C2(Cl)c4ccccc4C3(Cl)c3ccccc32)ccc1Br. The second-order valence-corrected chi connectivity index (χ2v) is 10.5. The molecule has 1 saturated heterocycles. The number of benzene rings is 3. The minimum Gasteiger partial charge on any atom is -0.274 e. The lowest BCUT2D eigenvalue weighted by atomic mass is 9.54. The molecular formula is C25H16BrCl2NO2. The molecule has 0 saturated carbocycles. The summed E-state index contributed by atoms with van der Waals surface area (Å²) < 4.78 is 0.912. The highest BCUT2D eigenvalue weighted by Crippen LogP contribution is 2.69. The van der Waals surface area contributed by atoms with Crippen molar-refractivity contribution in [3.63, 3.8) is 0 Å². The molecule has 6 heteroatoms. The first kappa shape index (κ1) is 19.5. The van der Waals surface area contributed by atoms with Crippen LogP contribution in [-0.4, -0.2) is 11.8 Å². The summed E-state index contributed by atoms with van der Waals surface area (Å²) in [5, 5.41) is 0. The maximum Gasteiger partial charge on any atom is 0.240 e. The molecule has 2 amide bonds. The minimum atomic E-state index is -1.15. The molecule has 3 aromatic carbocycles. The molecule has 3 aromatic rings. The lowest BCUT2D eigenvalue weighted by Gasteiger charge is -2.54. The Hall–Kier alpha value is -2.14. The van der Waals surface area contributed by atoms with Gasteiger partial charge in [0.25, 0.3) is 0 Å². The first-order chi connectivity index (χ1) is 14.8. The number of halogens is 3. The number of hydrogen-bond donors (Lipinski definition) is 0. The van der Waals surface area contributed by atoms with E-state index in [0.29, 0.717) is 5.69 Å².